The van der Waals surface area contributed by atoms with Crippen LogP contribution in [0, 0.1) is 0 Å². The zero-order chi connectivity index (χ0) is 13.4. The maximum atomic E-state index is 12.0. The molecule has 94 valence electrons. The number of nitrogens with zero attached hydrogens (tertiary/aromatic N) is 2. The Labute approximate surface area is 119 Å². The van der Waals surface area contributed by atoms with Crippen molar-refractivity contribution < 1.29 is 9.90 Å². The highest BCUT2D eigenvalue weighted by molar-refractivity contribution is 9.10. The van der Waals surface area contributed by atoms with Crippen molar-refractivity contribution in [3.63, 3.8) is 0 Å². The lowest BCUT2D eigenvalue weighted by molar-refractivity contribution is -0.121. The van der Waals surface area contributed by atoms with Crippen LogP contribution >= 0.6 is 28.1 Å². The van der Waals surface area contributed by atoms with Gasteiger partial charge in [0, 0.05) is 24.1 Å². The van der Waals surface area contributed by atoms with Crippen LogP contribution in [0.3, 0.4) is 0 Å². The van der Waals surface area contributed by atoms with Crippen LogP contribution in [0.25, 0.3) is 6.08 Å². The Hall–Kier alpha value is -1.40. The second kappa shape index (κ2) is 4.70. The van der Waals surface area contributed by atoms with Crippen molar-refractivity contribution in [1.29, 1.82) is 0 Å². The van der Waals surface area contributed by atoms with Gasteiger partial charge in [0.2, 0.25) is 0 Å². The number of aromatic hydroxyl groups is 1. The number of hydrogen-bond donors (Lipinski definition) is 1. The number of likely N-dealkylation sites (N-methyl/N-ethyl adjacent to an activating group) is 2. The molecule has 1 aliphatic heterocycles. The molecule has 6 heteroatoms. The number of phenols is 1. The van der Waals surface area contributed by atoms with Gasteiger partial charge in [-0.15, -0.1) is 0 Å². The van der Waals surface area contributed by atoms with E-state index in [2.05, 4.69) is 15.9 Å². The zero-order valence-electron chi connectivity index (χ0n) is 9.85. The first kappa shape index (κ1) is 13.0. The zero-order valence-corrected chi connectivity index (χ0v) is 12.2. The minimum Gasteiger partial charge on any atom is -0.507 e. The lowest BCUT2D eigenvalue weighted by Crippen LogP contribution is -2.26. The smallest absolute Gasteiger partial charge is 0.276 e. The van der Waals surface area contributed by atoms with Crippen LogP contribution in [0.5, 0.6) is 5.75 Å². The van der Waals surface area contributed by atoms with Crippen LogP contribution in [-0.4, -0.2) is 40.0 Å². The van der Waals surface area contributed by atoms with Gasteiger partial charge < -0.3 is 10.0 Å². The summed E-state index contributed by atoms with van der Waals surface area (Å²) in [6.07, 6.45) is 1.62. The number of thiocarbonyl (C=S) groups is 1. The first-order chi connectivity index (χ1) is 8.41. The fourth-order valence-corrected chi connectivity index (χ4v) is 2.24. The fourth-order valence-electron chi connectivity index (χ4n) is 1.68. The molecule has 1 saturated heterocycles. The number of benzene rings is 1. The molecule has 0 saturated carbocycles. The van der Waals surface area contributed by atoms with Crippen molar-refractivity contribution in [3.8, 4) is 5.75 Å². The summed E-state index contributed by atoms with van der Waals surface area (Å²) in [6, 6.07) is 5.04. The first-order valence-corrected chi connectivity index (χ1v) is 6.38. The topological polar surface area (TPSA) is 43.8 Å². The first-order valence-electron chi connectivity index (χ1n) is 5.18. The highest BCUT2D eigenvalue weighted by atomic mass is 79.9. The highest BCUT2D eigenvalue weighted by Gasteiger charge is 2.32. The molecule has 1 aromatic rings. The van der Waals surface area contributed by atoms with Gasteiger partial charge in [-0.05, 0) is 36.5 Å². The highest BCUT2D eigenvalue weighted by Crippen LogP contribution is 2.27. The molecule has 0 unspecified atom stereocenters. The number of carbonyl (C=O) groups is 1. The molecule has 1 amide bonds. The molecule has 0 aliphatic carbocycles. The van der Waals surface area contributed by atoms with Crippen LogP contribution in [0.15, 0.2) is 28.4 Å². The van der Waals surface area contributed by atoms with E-state index in [4.69, 9.17) is 12.2 Å². The van der Waals surface area contributed by atoms with Gasteiger partial charge >= 0.3 is 0 Å². The van der Waals surface area contributed by atoms with Crippen LogP contribution < -0.4 is 0 Å². The van der Waals surface area contributed by atoms with Gasteiger partial charge in [0.05, 0.1) is 0 Å². The molecule has 0 atom stereocenters. The van der Waals surface area contributed by atoms with E-state index in [0.29, 0.717) is 16.4 Å². The van der Waals surface area contributed by atoms with Crippen LogP contribution in [0.2, 0.25) is 0 Å². The third-order valence-electron chi connectivity index (χ3n) is 2.74. The maximum absolute atomic E-state index is 12.0. The van der Waals surface area contributed by atoms with Crippen molar-refractivity contribution in [1.82, 2.24) is 9.80 Å². The lowest BCUT2D eigenvalue weighted by atomic mass is 10.1. The third kappa shape index (κ3) is 2.13. The number of hydrogen-bond acceptors (Lipinski definition) is 3. The number of phenolic OH excluding ortho intramolecular Hbond substituents is 1. The number of halogens is 1. The van der Waals surface area contributed by atoms with Crippen LogP contribution in [0.4, 0.5) is 0 Å². The van der Waals surface area contributed by atoms with Crippen molar-refractivity contribution >= 4 is 45.2 Å². The molecule has 1 aromatic carbocycles. The summed E-state index contributed by atoms with van der Waals surface area (Å²) in [5, 5.41) is 10.2. The summed E-state index contributed by atoms with van der Waals surface area (Å²) in [4.78, 5) is 15.0. The van der Waals surface area contributed by atoms with E-state index >= 15 is 0 Å². The minimum absolute atomic E-state index is 0.118. The Balaban J connectivity index is 2.48. The van der Waals surface area contributed by atoms with Gasteiger partial charge in [0.15, 0.2) is 5.11 Å². The summed E-state index contributed by atoms with van der Waals surface area (Å²) in [5.74, 6) is -0.0609. The van der Waals surface area contributed by atoms with Crippen LogP contribution in [0.1, 0.15) is 5.56 Å². The average molecular weight is 327 g/mol. The second-order valence-electron chi connectivity index (χ2n) is 3.94. The van der Waals surface area contributed by atoms with Crippen molar-refractivity contribution in [3.05, 3.63) is 33.9 Å². The van der Waals surface area contributed by atoms with E-state index in [1.54, 1.807) is 43.3 Å². The minimum atomic E-state index is -0.179. The molecule has 0 radical (unpaired) electrons. The molecular formula is C12H11BrN2O2S. The standard InChI is InChI=1S/C12H11BrN2O2S/c1-14-9(11(17)15(2)12(14)18)6-7-5-8(13)3-4-10(7)16/h3-6,16H,1-2H3. The largest absolute Gasteiger partial charge is 0.507 e. The average Bonchev–Trinajstić information content (AvgIpc) is 2.51. The second-order valence-corrected chi connectivity index (χ2v) is 5.22. The number of rotatable bonds is 1. The van der Waals surface area contributed by atoms with Crippen molar-refractivity contribution in [2.24, 2.45) is 0 Å². The Bertz CT molecular complexity index is 571. The molecule has 18 heavy (non-hydrogen) atoms. The third-order valence-corrected chi connectivity index (χ3v) is 3.78. The van der Waals surface area contributed by atoms with Gasteiger partial charge in [-0.25, -0.2) is 0 Å². The van der Waals surface area contributed by atoms with Crippen molar-refractivity contribution in [2.75, 3.05) is 14.1 Å². The molecule has 0 aromatic heterocycles. The van der Waals surface area contributed by atoms with E-state index in [1.807, 2.05) is 0 Å². The molecule has 0 bridgehead atoms. The van der Waals surface area contributed by atoms with E-state index in [9.17, 15) is 9.90 Å². The monoisotopic (exact) mass is 326 g/mol. The molecule has 4 nitrogen and oxygen atoms in total. The summed E-state index contributed by atoms with van der Waals surface area (Å²) in [6.45, 7) is 0. The van der Waals surface area contributed by atoms with Gasteiger partial charge in [0.1, 0.15) is 11.4 Å². The van der Waals surface area contributed by atoms with Gasteiger partial charge in [0.25, 0.3) is 5.91 Å². The number of carbonyl (C=O) groups excluding carboxylic acids is 1. The summed E-state index contributed by atoms with van der Waals surface area (Å²) >= 11 is 8.44. The molecule has 0 spiro atoms. The molecular weight excluding hydrogens is 316 g/mol. The van der Waals surface area contributed by atoms with E-state index in [1.165, 1.54) is 4.90 Å². The normalized spacial score (nSPS) is 18.1. The number of amides is 1. The molecule has 1 N–H and O–H groups in total. The molecule has 1 fully saturated rings. The molecule has 2 rings (SSSR count). The van der Waals surface area contributed by atoms with Gasteiger partial charge in [-0.3, -0.25) is 9.69 Å². The van der Waals surface area contributed by atoms with E-state index < -0.39 is 0 Å². The molecule has 1 heterocycles. The summed E-state index contributed by atoms with van der Waals surface area (Å²) in [7, 11) is 3.35. The Morgan fingerprint density at radius 1 is 1.33 bits per heavy atom. The predicted octanol–water partition coefficient (Wildman–Crippen LogP) is 2.18. The fraction of sp³-hybridized carbons (Fsp3) is 0.167. The van der Waals surface area contributed by atoms with Gasteiger partial charge in [-0.1, -0.05) is 15.9 Å². The Kier molecular flexibility index (Phi) is 3.41. The van der Waals surface area contributed by atoms with Crippen LogP contribution in [-0.2, 0) is 4.79 Å². The van der Waals surface area contributed by atoms with Gasteiger partial charge in [-0.2, -0.15) is 0 Å². The predicted molar refractivity (Wildman–Crippen MR) is 76.9 cm³/mol. The Morgan fingerprint density at radius 2 is 2.00 bits per heavy atom. The van der Waals surface area contributed by atoms with E-state index in [0.717, 1.165) is 4.47 Å². The Morgan fingerprint density at radius 3 is 2.56 bits per heavy atom. The summed E-state index contributed by atoms with van der Waals surface area (Å²) in [5.41, 5.74) is 1.01. The maximum Gasteiger partial charge on any atom is 0.276 e. The lowest BCUT2D eigenvalue weighted by Gasteiger charge is -2.11. The van der Waals surface area contributed by atoms with E-state index in [-0.39, 0.29) is 11.7 Å². The quantitative estimate of drug-likeness (QED) is 0.634. The molecule has 1 aliphatic rings. The summed E-state index contributed by atoms with van der Waals surface area (Å²) < 4.78 is 0.830. The van der Waals surface area contributed by atoms with Crippen molar-refractivity contribution in [2.45, 2.75) is 0 Å². The SMILES string of the molecule is CN1C(=O)C(=Cc2cc(Br)ccc2O)N(C)C1=S.